The molecule has 2 aliphatic heterocycles. The summed E-state index contributed by atoms with van der Waals surface area (Å²) in [5.41, 5.74) is -2.72. The van der Waals surface area contributed by atoms with Crippen LogP contribution in [0.25, 0.3) is 22.1 Å². The van der Waals surface area contributed by atoms with E-state index in [1.54, 1.807) is 24.3 Å². The number of aliphatic hydroxyl groups is 6. The fraction of sp³-hybridized carbons (Fsp3) is 0.444. The van der Waals surface area contributed by atoms with Gasteiger partial charge in [0.25, 0.3) is 0 Å². The maximum atomic E-state index is 13.4. The molecule has 8 atom stereocenters. The molecule has 2 fully saturated rings. The largest absolute Gasteiger partial charge is 0.507 e. The van der Waals surface area contributed by atoms with Crippen molar-refractivity contribution >= 4 is 11.0 Å². The second-order valence-electron chi connectivity index (χ2n) is 10.0. The van der Waals surface area contributed by atoms with Gasteiger partial charge in [0.05, 0.1) is 38.1 Å². The SMILES string of the molecule is COc1ccc(-c2coc3c([C@@H]4O[C@H](CO[C@@H]5OC[C@](O)(CO)[C@H]5O)[C@@H](O)[C@H](O)[C@H]4O)c(O)cc(O)c3c2=O)cc1. The minimum absolute atomic E-state index is 0.0805. The Kier molecular flexibility index (Phi) is 7.95. The Hall–Kier alpha value is -3.31. The number of methoxy groups -OCH3 is 1. The third-order valence-electron chi connectivity index (χ3n) is 7.45. The molecule has 14 heteroatoms. The zero-order chi connectivity index (χ0) is 29.6. The van der Waals surface area contributed by atoms with Gasteiger partial charge in [-0.2, -0.15) is 0 Å². The van der Waals surface area contributed by atoms with Crippen LogP contribution in [0, 0.1) is 0 Å². The maximum Gasteiger partial charge on any atom is 0.204 e. The molecule has 3 aromatic rings. The lowest BCUT2D eigenvalue weighted by molar-refractivity contribution is -0.252. The zero-order valence-electron chi connectivity index (χ0n) is 21.7. The zero-order valence-corrected chi connectivity index (χ0v) is 21.7. The summed E-state index contributed by atoms with van der Waals surface area (Å²) in [5, 5.41) is 82.6. The summed E-state index contributed by atoms with van der Waals surface area (Å²) < 4.78 is 27.2. The van der Waals surface area contributed by atoms with Crippen LogP contribution in [-0.4, -0.2) is 110 Å². The van der Waals surface area contributed by atoms with Crippen LogP contribution in [0.15, 0.2) is 45.8 Å². The van der Waals surface area contributed by atoms with Crippen molar-refractivity contribution in [1.82, 2.24) is 0 Å². The van der Waals surface area contributed by atoms with Crippen LogP contribution in [0.3, 0.4) is 0 Å². The number of aliphatic hydroxyl groups excluding tert-OH is 5. The Morgan fingerprint density at radius 3 is 2.37 bits per heavy atom. The van der Waals surface area contributed by atoms with E-state index in [4.69, 9.17) is 23.4 Å². The van der Waals surface area contributed by atoms with Crippen LogP contribution >= 0.6 is 0 Å². The molecule has 5 rings (SSSR count). The highest BCUT2D eigenvalue weighted by Gasteiger charge is 2.50. The predicted molar refractivity (Wildman–Crippen MR) is 137 cm³/mol. The summed E-state index contributed by atoms with van der Waals surface area (Å²) in [4.78, 5) is 13.4. The summed E-state index contributed by atoms with van der Waals surface area (Å²) in [6.45, 7) is -1.77. The fourth-order valence-corrected chi connectivity index (χ4v) is 4.99. The molecule has 2 saturated heterocycles. The van der Waals surface area contributed by atoms with Crippen LogP contribution in [0.1, 0.15) is 11.7 Å². The van der Waals surface area contributed by atoms with Gasteiger partial charge in [-0.3, -0.25) is 4.79 Å². The lowest BCUT2D eigenvalue weighted by Crippen LogP contribution is -2.56. The Morgan fingerprint density at radius 1 is 1.02 bits per heavy atom. The third kappa shape index (κ3) is 5.03. The lowest BCUT2D eigenvalue weighted by Gasteiger charge is -2.41. The standard InChI is InChI=1S/C27H30O14/c1-37-12-4-2-11(3-5-12)13-7-38-23-17(19(13)31)14(29)6-15(30)18(23)24-22(34)21(33)20(32)16(41-24)8-39-26-25(35)27(36,9-28)10-40-26/h2-7,16,20-22,24-26,28-30,32-36H,8-10H2,1H3/t16-,20-,21+,22-,24+,25+,26-,27-/m1/s1. The number of phenols is 2. The maximum absolute atomic E-state index is 13.4. The van der Waals surface area contributed by atoms with E-state index in [-0.39, 0.29) is 22.1 Å². The number of ether oxygens (including phenoxy) is 4. The van der Waals surface area contributed by atoms with Crippen molar-refractivity contribution in [1.29, 1.82) is 0 Å². The molecule has 0 radical (unpaired) electrons. The van der Waals surface area contributed by atoms with Gasteiger partial charge in [0.15, 0.2) is 11.9 Å². The van der Waals surface area contributed by atoms with Gasteiger partial charge in [0, 0.05) is 6.07 Å². The number of rotatable bonds is 7. The molecule has 0 unspecified atom stereocenters. The van der Waals surface area contributed by atoms with Crippen molar-refractivity contribution in [3.63, 3.8) is 0 Å². The number of fused-ring (bicyclic) bond motifs is 1. The molecule has 14 nitrogen and oxygen atoms in total. The molecule has 0 spiro atoms. The van der Waals surface area contributed by atoms with Gasteiger partial charge >= 0.3 is 0 Å². The highest BCUT2D eigenvalue weighted by atomic mass is 16.7. The van der Waals surface area contributed by atoms with E-state index >= 15 is 0 Å². The number of hydrogen-bond donors (Lipinski definition) is 8. The van der Waals surface area contributed by atoms with Gasteiger partial charge in [-0.15, -0.1) is 0 Å². The van der Waals surface area contributed by atoms with Crippen LogP contribution in [0.2, 0.25) is 0 Å². The molecule has 2 aliphatic rings. The van der Waals surface area contributed by atoms with E-state index in [2.05, 4.69) is 0 Å². The predicted octanol–water partition coefficient (Wildman–Crippen LogP) is -1.14. The Morgan fingerprint density at radius 2 is 1.73 bits per heavy atom. The quantitative estimate of drug-likeness (QED) is 0.166. The number of phenolic OH excluding ortho intramolecular Hbond substituents is 2. The Bertz CT molecular complexity index is 1460. The van der Waals surface area contributed by atoms with Crippen molar-refractivity contribution in [3.8, 4) is 28.4 Å². The molecular formula is C27H30O14. The summed E-state index contributed by atoms with van der Waals surface area (Å²) >= 11 is 0. The topological polar surface area (TPSA) is 229 Å². The Labute approximate surface area is 231 Å². The second-order valence-corrected chi connectivity index (χ2v) is 10.0. The summed E-state index contributed by atoms with van der Waals surface area (Å²) in [6.07, 6.45) is -10.3. The van der Waals surface area contributed by atoms with Gasteiger partial charge in [0.1, 0.15) is 71.1 Å². The van der Waals surface area contributed by atoms with E-state index in [9.17, 15) is 45.6 Å². The number of hydrogen-bond acceptors (Lipinski definition) is 14. The first-order valence-corrected chi connectivity index (χ1v) is 12.6. The average Bonchev–Trinajstić information content (AvgIpc) is 3.25. The van der Waals surface area contributed by atoms with Crippen molar-refractivity contribution < 1.29 is 64.2 Å². The third-order valence-corrected chi connectivity index (χ3v) is 7.45. The first-order chi connectivity index (χ1) is 19.5. The minimum Gasteiger partial charge on any atom is -0.507 e. The van der Waals surface area contributed by atoms with Crippen molar-refractivity contribution in [2.75, 3.05) is 26.9 Å². The molecule has 8 N–H and O–H groups in total. The summed E-state index contributed by atoms with van der Waals surface area (Å²) in [7, 11) is 1.49. The number of benzene rings is 2. The average molecular weight is 579 g/mol. The second kappa shape index (κ2) is 11.2. The van der Waals surface area contributed by atoms with Gasteiger partial charge in [0.2, 0.25) is 5.43 Å². The molecular weight excluding hydrogens is 548 g/mol. The monoisotopic (exact) mass is 578 g/mol. The van der Waals surface area contributed by atoms with Gasteiger partial charge in [-0.05, 0) is 17.7 Å². The van der Waals surface area contributed by atoms with E-state index < -0.39 is 85.3 Å². The first kappa shape index (κ1) is 29.2. The number of aromatic hydroxyl groups is 2. The van der Waals surface area contributed by atoms with Crippen molar-refractivity contribution in [2.24, 2.45) is 0 Å². The fourth-order valence-electron chi connectivity index (χ4n) is 4.99. The van der Waals surface area contributed by atoms with E-state index in [0.29, 0.717) is 11.3 Å². The molecule has 2 aromatic carbocycles. The molecule has 222 valence electrons. The normalized spacial score (nSPS) is 31.9. The lowest BCUT2D eigenvalue weighted by atomic mass is 9.89. The van der Waals surface area contributed by atoms with Crippen LogP contribution in [0.5, 0.6) is 17.2 Å². The molecule has 41 heavy (non-hydrogen) atoms. The van der Waals surface area contributed by atoms with Crippen molar-refractivity contribution in [3.05, 3.63) is 52.4 Å². The minimum atomic E-state index is -1.96. The molecule has 1 aromatic heterocycles. The van der Waals surface area contributed by atoms with E-state index in [1.807, 2.05) is 0 Å². The van der Waals surface area contributed by atoms with Gasteiger partial charge in [-0.1, -0.05) is 12.1 Å². The van der Waals surface area contributed by atoms with E-state index in [1.165, 1.54) is 7.11 Å². The van der Waals surface area contributed by atoms with Crippen LogP contribution in [-0.2, 0) is 14.2 Å². The highest BCUT2D eigenvalue weighted by Crippen LogP contribution is 2.43. The summed E-state index contributed by atoms with van der Waals surface area (Å²) in [5.74, 6) is -0.695. The molecule has 3 heterocycles. The first-order valence-electron chi connectivity index (χ1n) is 12.6. The highest BCUT2D eigenvalue weighted by molar-refractivity contribution is 5.91. The summed E-state index contributed by atoms with van der Waals surface area (Å²) in [6, 6.07) is 7.34. The van der Waals surface area contributed by atoms with Crippen molar-refractivity contribution in [2.45, 2.75) is 48.5 Å². The molecule has 0 aliphatic carbocycles. The van der Waals surface area contributed by atoms with Gasteiger partial charge < -0.3 is 64.2 Å². The van der Waals surface area contributed by atoms with Gasteiger partial charge in [-0.25, -0.2) is 0 Å². The van der Waals surface area contributed by atoms with Crippen LogP contribution < -0.4 is 10.2 Å². The smallest absolute Gasteiger partial charge is 0.204 e. The molecule has 0 amide bonds. The molecule has 0 saturated carbocycles. The Balaban J connectivity index is 1.48. The molecule has 0 bridgehead atoms. The van der Waals surface area contributed by atoms with E-state index in [0.717, 1.165) is 12.3 Å². The van der Waals surface area contributed by atoms with Crippen LogP contribution in [0.4, 0.5) is 0 Å².